The highest BCUT2D eigenvalue weighted by Gasteiger charge is 2.34. The van der Waals surface area contributed by atoms with E-state index in [2.05, 4.69) is 5.32 Å². The Morgan fingerprint density at radius 1 is 0.919 bits per heavy atom. The summed E-state index contributed by atoms with van der Waals surface area (Å²) in [5.41, 5.74) is 1.60. The first-order valence-corrected chi connectivity index (χ1v) is 12.1. The zero-order valence-electron chi connectivity index (χ0n) is 22.7. The molecule has 0 radical (unpaired) electrons. The SMILES string of the molecule is CC.COC(=O)N(Cc1ccc(C)cc1)C(=O)C(CC(=O)OCc1ccccc1)NC(=O)OC(C)(C)C. The van der Waals surface area contributed by atoms with Crippen LogP contribution < -0.4 is 5.32 Å². The number of benzene rings is 2. The Kier molecular flexibility index (Phi) is 12.9. The minimum atomic E-state index is -1.42. The molecule has 0 spiro atoms. The van der Waals surface area contributed by atoms with Crippen molar-refractivity contribution in [2.75, 3.05) is 7.11 Å². The molecule has 1 N–H and O–H groups in total. The lowest BCUT2D eigenvalue weighted by Gasteiger charge is -2.26. The molecule has 2 aromatic carbocycles. The summed E-state index contributed by atoms with van der Waals surface area (Å²) in [5.74, 6) is -1.57. The molecule has 9 heteroatoms. The van der Waals surface area contributed by atoms with Gasteiger partial charge in [0.2, 0.25) is 0 Å². The van der Waals surface area contributed by atoms with E-state index in [1.807, 2.05) is 39.0 Å². The normalized spacial score (nSPS) is 11.2. The number of amides is 3. The summed E-state index contributed by atoms with van der Waals surface area (Å²) in [4.78, 5) is 51.6. The molecule has 2 rings (SSSR count). The molecule has 0 heterocycles. The maximum absolute atomic E-state index is 13.4. The van der Waals surface area contributed by atoms with Crippen molar-refractivity contribution in [2.24, 2.45) is 0 Å². The quantitative estimate of drug-likeness (QED) is 0.383. The first-order valence-electron chi connectivity index (χ1n) is 12.1. The number of methoxy groups -OCH3 is 1. The molecule has 1 atom stereocenters. The molecule has 1 unspecified atom stereocenters. The third-order valence-corrected chi connectivity index (χ3v) is 4.72. The fourth-order valence-corrected chi connectivity index (χ4v) is 3.02. The van der Waals surface area contributed by atoms with Crippen molar-refractivity contribution in [3.05, 3.63) is 71.3 Å². The van der Waals surface area contributed by atoms with E-state index in [1.165, 1.54) is 0 Å². The molecule has 9 nitrogen and oxygen atoms in total. The summed E-state index contributed by atoms with van der Waals surface area (Å²) in [7, 11) is 1.14. The molecular formula is C28H38N2O7. The van der Waals surface area contributed by atoms with Crippen LogP contribution in [0.3, 0.4) is 0 Å². The summed E-state index contributed by atoms with van der Waals surface area (Å²) in [5, 5.41) is 2.40. The first kappa shape index (κ1) is 31.2. The number of ether oxygens (including phenoxy) is 3. The highest BCUT2D eigenvalue weighted by molar-refractivity contribution is 5.98. The topological polar surface area (TPSA) is 111 Å². The van der Waals surface area contributed by atoms with Crippen LogP contribution in [-0.2, 0) is 37.0 Å². The maximum atomic E-state index is 13.4. The van der Waals surface area contributed by atoms with E-state index < -0.39 is 42.1 Å². The molecule has 3 amide bonds. The van der Waals surface area contributed by atoms with Gasteiger partial charge in [-0.2, -0.15) is 0 Å². The second kappa shape index (κ2) is 15.3. The molecule has 0 fully saturated rings. The van der Waals surface area contributed by atoms with Crippen LogP contribution in [0.25, 0.3) is 0 Å². The van der Waals surface area contributed by atoms with Crippen molar-refractivity contribution in [1.82, 2.24) is 10.2 Å². The number of alkyl carbamates (subject to hydrolysis) is 1. The van der Waals surface area contributed by atoms with Crippen LogP contribution in [0.2, 0.25) is 0 Å². The van der Waals surface area contributed by atoms with Crippen LogP contribution in [0.1, 0.15) is 57.7 Å². The summed E-state index contributed by atoms with van der Waals surface area (Å²) < 4.78 is 15.3. The predicted molar refractivity (Wildman–Crippen MR) is 139 cm³/mol. The smallest absolute Gasteiger partial charge is 0.416 e. The number of aryl methyl sites for hydroxylation is 1. The third kappa shape index (κ3) is 11.6. The minimum absolute atomic E-state index is 0.00287. The highest BCUT2D eigenvalue weighted by atomic mass is 16.6. The Labute approximate surface area is 219 Å². The lowest BCUT2D eigenvalue weighted by atomic mass is 10.1. The fourth-order valence-electron chi connectivity index (χ4n) is 3.02. The number of imide groups is 1. The molecule has 2 aromatic rings. The van der Waals surface area contributed by atoms with Crippen molar-refractivity contribution in [3.8, 4) is 0 Å². The number of carbonyl (C=O) groups excluding carboxylic acids is 4. The minimum Gasteiger partial charge on any atom is -0.461 e. The first-order chi connectivity index (χ1) is 17.5. The van der Waals surface area contributed by atoms with Crippen molar-refractivity contribution in [3.63, 3.8) is 0 Å². The van der Waals surface area contributed by atoms with E-state index in [9.17, 15) is 19.2 Å². The second-order valence-corrected chi connectivity index (χ2v) is 8.93. The average Bonchev–Trinajstić information content (AvgIpc) is 2.86. The number of nitrogens with zero attached hydrogens (tertiary/aromatic N) is 1. The van der Waals surface area contributed by atoms with Gasteiger partial charge < -0.3 is 19.5 Å². The standard InChI is InChI=1S/C26H32N2O7.C2H6/c1-18-11-13-19(14-12-18)16-28(25(32)33-5)23(30)21(27-24(31)35-26(2,3)4)15-22(29)34-17-20-9-7-6-8-10-20;1-2/h6-14,21H,15-17H2,1-5H3,(H,27,31);1-2H3. The summed E-state index contributed by atoms with van der Waals surface area (Å²) in [6.07, 6.45) is -2.34. The van der Waals surface area contributed by atoms with E-state index in [4.69, 9.17) is 14.2 Å². The van der Waals surface area contributed by atoms with Gasteiger partial charge in [0.15, 0.2) is 0 Å². The van der Waals surface area contributed by atoms with Gasteiger partial charge >= 0.3 is 18.2 Å². The summed E-state index contributed by atoms with van der Waals surface area (Å²) in [6, 6.07) is 14.8. The molecule has 0 aromatic heterocycles. The Morgan fingerprint density at radius 2 is 1.51 bits per heavy atom. The van der Waals surface area contributed by atoms with Gasteiger partial charge in [0, 0.05) is 0 Å². The van der Waals surface area contributed by atoms with Gasteiger partial charge in [0.1, 0.15) is 18.2 Å². The molecule has 0 aliphatic heterocycles. The lowest BCUT2D eigenvalue weighted by molar-refractivity contribution is -0.148. The van der Waals surface area contributed by atoms with Gasteiger partial charge in [0.05, 0.1) is 20.1 Å². The van der Waals surface area contributed by atoms with Crippen molar-refractivity contribution in [1.29, 1.82) is 0 Å². The zero-order valence-corrected chi connectivity index (χ0v) is 22.7. The van der Waals surface area contributed by atoms with Gasteiger partial charge in [-0.1, -0.05) is 74.0 Å². The number of esters is 1. The Bertz CT molecular complexity index is 1020. The lowest BCUT2D eigenvalue weighted by Crippen LogP contribution is -2.52. The molecular weight excluding hydrogens is 476 g/mol. The van der Waals surface area contributed by atoms with Gasteiger partial charge in [0.25, 0.3) is 5.91 Å². The average molecular weight is 515 g/mol. The zero-order chi connectivity index (χ0) is 28.0. The maximum Gasteiger partial charge on any atom is 0.416 e. The number of hydrogen-bond donors (Lipinski definition) is 1. The summed E-state index contributed by atoms with van der Waals surface area (Å²) in [6.45, 7) is 10.8. The molecule has 0 bridgehead atoms. The van der Waals surface area contributed by atoms with Crippen LogP contribution in [0.15, 0.2) is 54.6 Å². The van der Waals surface area contributed by atoms with Gasteiger partial charge in [-0.25, -0.2) is 14.5 Å². The Balaban J connectivity index is 0.00000334. The molecule has 202 valence electrons. The van der Waals surface area contributed by atoms with Crippen molar-refractivity contribution >= 4 is 24.1 Å². The molecule has 0 aliphatic carbocycles. The Hall–Kier alpha value is -3.88. The van der Waals surface area contributed by atoms with Crippen molar-refractivity contribution in [2.45, 2.75) is 72.8 Å². The number of rotatable bonds is 8. The van der Waals surface area contributed by atoms with Crippen LogP contribution in [0, 0.1) is 6.92 Å². The van der Waals surface area contributed by atoms with E-state index >= 15 is 0 Å². The van der Waals surface area contributed by atoms with Gasteiger partial charge in [-0.3, -0.25) is 9.59 Å². The van der Waals surface area contributed by atoms with E-state index in [1.54, 1.807) is 57.2 Å². The van der Waals surface area contributed by atoms with Crippen molar-refractivity contribution < 1.29 is 33.4 Å². The van der Waals surface area contributed by atoms with Crippen LogP contribution in [-0.4, -0.2) is 47.7 Å². The summed E-state index contributed by atoms with van der Waals surface area (Å²) >= 11 is 0. The molecule has 37 heavy (non-hydrogen) atoms. The van der Waals surface area contributed by atoms with Gasteiger partial charge in [-0.05, 0) is 38.8 Å². The molecule has 0 saturated heterocycles. The van der Waals surface area contributed by atoms with Crippen LogP contribution in [0.5, 0.6) is 0 Å². The Morgan fingerprint density at radius 3 is 2.05 bits per heavy atom. The largest absolute Gasteiger partial charge is 0.461 e. The molecule has 0 aliphatic rings. The van der Waals surface area contributed by atoms with E-state index in [-0.39, 0.29) is 13.2 Å². The van der Waals surface area contributed by atoms with E-state index in [0.717, 1.165) is 23.1 Å². The number of hydrogen-bond acceptors (Lipinski definition) is 7. The fraction of sp³-hybridized carbons (Fsp3) is 0.429. The predicted octanol–water partition coefficient (Wildman–Crippen LogP) is 5.14. The van der Waals surface area contributed by atoms with Crippen LogP contribution in [0.4, 0.5) is 9.59 Å². The number of carbonyl (C=O) groups is 4. The highest BCUT2D eigenvalue weighted by Crippen LogP contribution is 2.13. The monoisotopic (exact) mass is 514 g/mol. The third-order valence-electron chi connectivity index (χ3n) is 4.72. The second-order valence-electron chi connectivity index (χ2n) is 8.93. The van der Waals surface area contributed by atoms with Gasteiger partial charge in [-0.15, -0.1) is 0 Å². The van der Waals surface area contributed by atoms with Crippen LogP contribution >= 0.6 is 0 Å². The van der Waals surface area contributed by atoms with E-state index in [0.29, 0.717) is 5.56 Å². The molecule has 0 saturated carbocycles. The number of nitrogens with one attached hydrogen (secondary N) is 1.